The van der Waals surface area contributed by atoms with Crippen molar-refractivity contribution in [2.45, 2.75) is 45.2 Å². The fourth-order valence-electron chi connectivity index (χ4n) is 1.63. The number of alkyl halides is 1. The Morgan fingerprint density at radius 1 is 1.39 bits per heavy atom. The molecular weight excluding hydrogens is 250 g/mol. The fraction of sp³-hybridized carbons (Fsp3) is 0.583. The maximum absolute atomic E-state index is 5.95. The molecule has 0 amide bonds. The van der Waals surface area contributed by atoms with Crippen molar-refractivity contribution in [3.05, 3.63) is 29.8 Å². The predicted molar refractivity (Wildman–Crippen MR) is 70.6 cm³/mol. The maximum Gasteiger partial charge on any atom is 0.100 e. The molecule has 2 heterocycles. The molecule has 0 spiro atoms. The quantitative estimate of drug-likeness (QED) is 0.783. The van der Waals surface area contributed by atoms with Crippen LogP contribution in [-0.2, 0) is 6.54 Å². The summed E-state index contributed by atoms with van der Waals surface area (Å²) in [5.74, 6) is 0. The lowest BCUT2D eigenvalue weighted by Crippen LogP contribution is -2.06. The third-order valence-electron chi connectivity index (χ3n) is 2.99. The van der Waals surface area contributed by atoms with Gasteiger partial charge >= 0.3 is 0 Å². The van der Waals surface area contributed by atoms with Crippen LogP contribution in [0.25, 0.3) is 0 Å². The minimum absolute atomic E-state index is 0.114. The van der Waals surface area contributed by atoms with Crippen molar-refractivity contribution in [2.75, 3.05) is 0 Å². The Bertz CT molecular complexity index is 502. The molecule has 0 aliphatic carbocycles. The summed E-state index contributed by atoms with van der Waals surface area (Å²) in [5, 5.41) is 12.5. The zero-order chi connectivity index (χ0) is 13.1. The van der Waals surface area contributed by atoms with Crippen LogP contribution in [0.15, 0.2) is 18.5 Å². The van der Waals surface area contributed by atoms with Crippen LogP contribution in [0.5, 0.6) is 0 Å². The first-order valence-corrected chi connectivity index (χ1v) is 6.62. The van der Waals surface area contributed by atoms with E-state index in [9.17, 15) is 0 Å². The predicted octanol–water partition coefficient (Wildman–Crippen LogP) is 2.79. The minimum Gasteiger partial charge on any atom is -0.270 e. The van der Waals surface area contributed by atoms with Crippen LogP contribution >= 0.6 is 11.6 Å². The van der Waals surface area contributed by atoms with Gasteiger partial charge in [-0.15, -0.1) is 16.7 Å². The first-order valence-electron chi connectivity index (χ1n) is 6.18. The maximum atomic E-state index is 5.95. The molecule has 2 rings (SSSR count). The molecule has 2 aromatic rings. The molecule has 2 atom stereocenters. The highest BCUT2D eigenvalue weighted by molar-refractivity contribution is 6.20. The van der Waals surface area contributed by atoms with Gasteiger partial charge in [0.1, 0.15) is 5.69 Å². The van der Waals surface area contributed by atoms with E-state index in [4.69, 9.17) is 11.6 Å². The lowest BCUT2D eigenvalue weighted by molar-refractivity contribution is 0.470. The fourth-order valence-corrected chi connectivity index (χ4v) is 1.73. The van der Waals surface area contributed by atoms with Gasteiger partial charge in [-0.3, -0.25) is 4.68 Å². The Balaban J connectivity index is 2.06. The smallest absolute Gasteiger partial charge is 0.100 e. The molecule has 5 nitrogen and oxygen atoms in total. The van der Waals surface area contributed by atoms with Crippen LogP contribution in [0.3, 0.4) is 0 Å². The Labute approximate surface area is 112 Å². The third-order valence-corrected chi connectivity index (χ3v) is 3.22. The molecule has 0 N–H and O–H groups in total. The number of hydrogen-bond acceptors (Lipinski definition) is 3. The van der Waals surface area contributed by atoms with Crippen LogP contribution in [0.4, 0.5) is 0 Å². The molecule has 0 aliphatic heterocycles. The second kappa shape index (κ2) is 5.52. The SMILES string of the molecule is CCC(C)n1ccc(Cn2cc(C(C)Cl)nn2)n1. The molecule has 0 radical (unpaired) electrons. The highest BCUT2D eigenvalue weighted by atomic mass is 35.5. The van der Waals surface area contributed by atoms with Crippen LogP contribution < -0.4 is 0 Å². The molecule has 0 saturated heterocycles. The van der Waals surface area contributed by atoms with E-state index in [0.29, 0.717) is 12.6 Å². The summed E-state index contributed by atoms with van der Waals surface area (Å²) in [7, 11) is 0. The van der Waals surface area contributed by atoms with E-state index >= 15 is 0 Å². The lowest BCUT2D eigenvalue weighted by Gasteiger charge is -2.07. The molecule has 0 fully saturated rings. The van der Waals surface area contributed by atoms with Crippen molar-refractivity contribution >= 4 is 11.6 Å². The molecule has 2 unspecified atom stereocenters. The first kappa shape index (κ1) is 13.1. The largest absolute Gasteiger partial charge is 0.270 e. The summed E-state index contributed by atoms with van der Waals surface area (Å²) in [5.41, 5.74) is 1.77. The van der Waals surface area contributed by atoms with E-state index in [2.05, 4.69) is 29.3 Å². The normalized spacial score (nSPS) is 14.7. The Hall–Kier alpha value is -1.36. The number of nitrogens with zero attached hydrogens (tertiary/aromatic N) is 5. The van der Waals surface area contributed by atoms with Gasteiger partial charge < -0.3 is 0 Å². The molecule has 0 saturated carbocycles. The Morgan fingerprint density at radius 2 is 2.17 bits per heavy atom. The summed E-state index contributed by atoms with van der Waals surface area (Å²) in [6.07, 6.45) is 4.93. The zero-order valence-corrected chi connectivity index (χ0v) is 11.7. The van der Waals surface area contributed by atoms with Crippen LogP contribution in [-0.4, -0.2) is 24.8 Å². The molecule has 98 valence electrons. The summed E-state index contributed by atoms with van der Waals surface area (Å²) in [4.78, 5) is 0. The van der Waals surface area contributed by atoms with Crippen molar-refractivity contribution in [3.8, 4) is 0 Å². The third kappa shape index (κ3) is 2.90. The molecular formula is C12H18ClN5. The van der Waals surface area contributed by atoms with Gasteiger partial charge in [0, 0.05) is 12.2 Å². The number of hydrogen-bond donors (Lipinski definition) is 0. The summed E-state index contributed by atoms with van der Waals surface area (Å²) >= 11 is 5.95. The van der Waals surface area contributed by atoms with Crippen LogP contribution in [0, 0.1) is 0 Å². The van der Waals surface area contributed by atoms with Gasteiger partial charge in [-0.05, 0) is 26.3 Å². The van der Waals surface area contributed by atoms with Gasteiger partial charge in [-0.2, -0.15) is 5.10 Å². The Kier molecular flexibility index (Phi) is 4.01. The summed E-state index contributed by atoms with van der Waals surface area (Å²) < 4.78 is 3.74. The molecule has 0 bridgehead atoms. The number of rotatable bonds is 5. The van der Waals surface area contributed by atoms with Crippen molar-refractivity contribution in [1.82, 2.24) is 24.8 Å². The van der Waals surface area contributed by atoms with Gasteiger partial charge in [-0.25, -0.2) is 4.68 Å². The van der Waals surface area contributed by atoms with Crippen molar-refractivity contribution in [1.29, 1.82) is 0 Å². The van der Waals surface area contributed by atoms with E-state index in [1.165, 1.54) is 0 Å². The van der Waals surface area contributed by atoms with E-state index in [-0.39, 0.29) is 5.38 Å². The molecule has 18 heavy (non-hydrogen) atoms. The van der Waals surface area contributed by atoms with Gasteiger partial charge in [0.2, 0.25) is 0 Å². The van der Waals surface area contributed by atoms with Crippen molar-refractivity contribution in [2.24, 2.45) is 0 Å². The standard InChI is InChI=1S/C12H18ClN5/c1-4-9(2)18-6-5-11(15-18)7-17-8-12(10(3)13)14-16-17/h5-6,8-10H,4,7H2,1-3H3. The summed E-state index contributed by atoms with van der Waals surface area (Å²) in [6, 6.07) is 2.44. The highest BCUT2D eigenvalue weighted by Crippen LogP contribution is 2.16. The average molecular weight is 268 g/mol. The second-order valence-electron chi connectivity index (χ2n) is 4.50. The molecule has 6 heteroatoms. The molecule has 0 aromatic carbocycles. The Morgan fingerprint density at radius 3 is 2.78 bits per heavy atom. The topological polar surface area (TPSA) is 48.5 Å². The van der Waals surface area contributed by atoms with Crippen LogP contribution in [0.2, 0.25) is 0 Å². The summed E-state index contributed by atoms with van der Waals surface area (Å²) in [6.45, 7) is 6.81. The zero-order valence-electron chi connectivity index (χ0n) is 10.9. The number of halogens is 1. The van der Waals surface area contributed by atoms with E-state index in [0.717, 1.165) is 17.8 Å². The van der Waals surface area contributed by atoms with Crippen LogP contribution in [0.1, 0.15) is 50.0 Å². The van der Waals surface area contributed by atoms with Crippen molar-refractivity contribution < 1.29 is 0 Å². The van der Waals surface area contributed by atoms with E-state index in [1.807, 2.05) is 30.1 Å². The van der Waals surface area contributed by atoms with Gasteiger partial charge in [0.05, 0.1) is 23.8 Å². The molecule has 0 aliphatic rings. The van der Waals surface area contributed by atoms with E-state index in [1.54, 1.807) is 4.68 Å². The highest BCUT2D eigenvalue weighted by Gasteiger charge is 2.09. The monoisotopic (exact) mass is 267 g/mol. The van der Waals surface area contributed by atoms with Gasteiger partial charge in [-0.1, -0.05) is 12.1 Å². The number of aromatic nitrogens is 5. The molecule has 2 aromatic heterocycles. The minimum atomic E-state index is -0.114. The van der Waals surface area contributed by atoms with Gasteiger partial charge in [0.25, 0.3) is 0 Å². The average Bonchev–Trinajstić information content (AvgIpc) is 2.98. The first-order chi connectivity index (χ1) is 8.60. The van der Waals surface area contributed by atoms with Gasteiger partial charge in [0.15, 0.2) is 0 Å². The van der Waals surface area contributed by atoms with Crippen molar-refractivity contribution in [3.63, 3.8) is 0 Å². The lowest BCUT2D eigenvalue weighted by atomic mass is 10.3. The second-order valence-corrected chi connectivity index (χ2v) is 5.16. The van der Waals surface area contributed by atoms with E-state index < -0.39 is 0 Å².